The molecule has 148 valence electrons. The van der Waals surface area contributed by atoms with Gasteiger partial charge in [0.05, 0.1) is 32.6 Å². The van der Waals surface area contributed by atoms with Gasteiger partial charge in [-0.1, -0.05) is 11.3 Å². The highest BCUT2D eigenvalue weighted by molar-refractivity contribution is 7.17. The van der Waals surface area contributed by atoms with Crippen molar-refractivity contribution >= 4 is 55.0 Å². The molecule has 0 aliphatic heterocycles. The molecule has 0 saturated carbocycles. The fraction of sp³-hybridized carbons (Fsp3) is 0.158. The molecule has 4 rings (SSSR count). The summed E-state index contributed by atoms with van der Waals surface area (Å²) < 4.78 is 35.3. The van der Waals surface area contributed by atoms with Crippen molar-refractivity contribution in [3.63, 3.8) is 0 Å². The molecule has 10 heteroatoms. The van der Waals surface area contributed by atoms with Gasteiger partial charge in [0.1, 0.15) is 12.4 Å². The van der Waals surface area contributed by atoms with Crippen molar-refractivity contribution in [3.8, 4) is 0 Å². The Morgan fingerprint density at radius 3 is 2.83 bits per heavy atom. The number of aromatic nitrogens is 2. The van der Waals surface area contributed by atoms with E-state index in [0.29, 0.717) is 5.56 Å². The van der Waals surface area contributed by atoms with Crippen LogP contribution in [-0.4, -0.2) is 28.0 Å². The SMILES string of the molecule is CCOC(=O)Cn1c(=NC(=O)c2ccc3ncsc3c2)sc2cc(F)cc(F)c21. The number of fused-ring (bicyclic) bond motifs is 2. The summed E-state index contributed by atoms with van der Waals surface area (Å²) in [5.74, 6) is -2.78. The fourth-order valence-electron chi connectivity index (χ4n) is 2.84. The normalized spacial score (nSPS) is 12.0. The third kappa shape index (κ3) is 3.81. The van der Waals surface area contributed by atoms with E-state index in [1.807, 2.05) is 0 Å². The molecule has 6 nitrogen and oxygen atoms in total. The van der Waals surface area contributed by atoms with Crippen molar-refractivity contribution in [1.82, 2.24) is 9.55 Å². The van der Waals surface area contributed by atoms with Gasteiger partial charge in [-0.25, -0.2) is 13.8 Å². The quantitative estimate of drug-likeness (QED) is 0.458. The van der Waals surface area contributed by atoms with Gasteiger partial charge in [-0.15, -0.1) is 11.3 Å². The number of nitrogens with zero attached hydrogens (tertiary/aromatic N) is 3. The van der Waals surface area contributed by atoms with E-state index < -0.39 is 23.5 Å². The summed E-state index contributed by atoms with van der Waals surface area (Å²) >= 11 is 2.31. The van der Waals surface area contributed by atoms with Gasteiger partial charge < -0.3 is 9.30 Å². The van der Waals surface area contributed by atoms with Crippen LogP contribution in [0.5, 0.6) is 0 Å². The summed E-state index contributed by atoms with van der Waals surface area (Å²) in [6, 6.07) is 6.83. The zero-order valence-electron chi connectivity index (χ0n) is 15.0. The van der Waals surface area contributed by atoms with Gasteiger partial charge in [0, 0.05) is 11.6 Å². The molecule has 0 aliphatic rings. The minimum Gasteiger partial charge on any atom is -0.465 e. The maximum atomic E-state index is 14.4. The molecule has 0 N–H and O–H groups in total. The number of carbonyl (C=O) groups excluding carboxylic acids is 2. The molecule has 0 unspecified atom stereocenters. The maximum absolute atomic E-state index is 14.4. The van der Waals surface area contributed by atoms with E-state index in [1.165, 1.54) is 15.9 Å². The van der Waals surface area contributed by atoms with Crippen molar-refractivity contribution < 1.29 is 23.1 Å². The lowest BCUT2D eigenvalue weighted by Crippen LogP contribution is -2.23. The largest absolute Gasteiger partial charge is 0.465 e. The van der Waals surface area contributed by atoms with Crippen LogP contribution in [0.2, 0.25) is 0 Å². The number of amides is 1. The van der Waals surface area contributed by atoms with Gasteiger partial charge in [0.2, 0.25) is 0 Å². The van der Waals surface area contributed by atoms with Gasteiger partial charge in [0.15, 0.2) is 10.6 Å². The van der Waals surface area contributed by atoms with E-state index in [4.69, 9.17) is 4.74 Å². The summed E-state index contributed by atoms with van der Waals surface area (Å²) in [6.45, 7) is 1.45. The molecule has 0 saturated heterocycles. The Balaban J connectivity index is 1.85. The van der Waals surface area contributed by atoms with E-state index in [1.54, 1.807) is 30.6 Å². The second kappa shape index (κ2) is 7.80. The molecule has 29 heavy (non-hydrogen) atoms. The molecule has 4 aromatic rings. The smallest absolute Gasteiger partial charge is 0.326 e. The Labute approximate surface area is 170 Å². The molecular weight excluding hydrogens is 420 g/mol. The molecule has 2 heterocycles. The first-order chi connectivity index (χ1) is 14.0. The highest BCUT2D eigenvalue weighted by Gasteiger charge is 2.17. The molecule has 0 bridgehead atoms. The minimum atomic E-state index is -0.847. The molecular formula is C19H13F2N3O3S2. The Morgan fingerprint density at radius 2 is 2.03 bits per heavy atom. The predicted octanol–water partition coefficient (Wildman–Crippen LogP) is 3.89. The van der Waals surface area contributed by atoms with Gasteiger partial charge in [0.25, 0.3) is 5.91 Å². The van der Waals surface area contributed by atoms with Crippen LogP contribution in [0.15, 0.2) is 40.8 Å². The lowest BCUT2D eigenvalue weighted by Gasteiger charge is -2.05. The summed E-state index contributed by atoms with van der Waals surface area (Å²) in [7, 11) is 0. The second-order valence-electron chi connectivity index (χ2n) is 5.96. The topological polar surface area (TPSA) is 73.6 Å². The van der Waals surface area contributed by atoms with Crippen LogP contribution in [0, 0.1) is 11.6 Å². The lowest BCUT2D eigenvalue weighted by atomic mass is 10.2. The van der Waals surface area contributed by atoms with Crippen LogP contribution in [-0.2, 0) is 16.1 Å². The fourth-order valence-corrected chi connectivity index (χ4v) is 4.62. The third-order valence-corrected chi connectivity index (χ3v) is 5.88. The number of esters is 1. The predicted molar refractivity (Wildman–Crippen MR) is 106 cm³/mol. The van der Waals surface area contributed by atoms with Crippen LogP contribution in [0.4, 0.5) is 8.78 Å². The second-order valence-corrected chi connectivity index (χ2v) is 7.86. The number of halogens is 2. The van der Waals surface area contributed by atoms with Crippen molar-refractivity contribution in [2.24, 2.45) is 4.99 Å². The zero-order chi connectivity index (χ0) is 20.5. The number of hydrogen-bond acceptors (Lipinski definition) is 6. The average molecular weight is 433 g/mol. The summed E-state index contributed by atoms with van der Waals surface area (Å²) in [4.78, 5) is 33.0. The zero-order valence-corrected chi connectivity index (χ0v) is 16.7. The molecule has 0 radical (unpaired) electrons. The highest BCUT2D eigenvalue weighted by atomic mass is 32.1. The Kier molecular flexibility index (Phi) is 5.20. The van der Waals surface area contributed by atoms with Crippen molar-refractivity contribution in [1.29, 1.82) is 0 Å². The lowest BCUT2D eigenvalue weighted by molar-refractivity contribution is -0.143. The van der Waals surface area contributed by atoms with Crippen LogP contribution in [0.25, 0.3) is 20.4 Å². The van der Waals surface area contributed by atoms with E-state index in [2.05, 4.69) is 9.98 Å². The first-order valence-corrected chi connectivity index (χ1v) is 10.2. The molecule has 0 spiro atoms. The standard InChI is InChI=1S/C19H13F2N3O3S2/c1-2-27-16(25)8-24-17-12(21)6-11(20)7-15(17)29-19(24)23-18(26)10-3-4-13-14(5-10)28-9-22-13/h3-7,9H,2,8H2,1H3. The Bertz CT molecular complexity index is 1320. The van der Waals surface area contributed by atoms with E-state index >= 15 is 0 Å². The Morgan fingerprint density at radius 1 is 1.21 bits per heavy atom. The van der Waals surface area contributed by atoms with E-state index in [-0.39, 0.29) is 28.2 Å². The monoisotopic (exact) mass is 433 g/mol. The number of thiazole rings is 2. The number of carbonyl (C=O) groups is 2. The molecule has 0 aliphatic carbocycles. The van der Waals surface area contributed by atoms with Crippen LogP contribution < -0.4 is 4.80 Å². The molecule has 0 atom stereocenters. The number of ether oxygens (including phenoxy) is 1. The van der Waals surface area contributed by atoms with Crippen LogP contribution >= 0.6 is 22.7 Å². The van der Waals surface area contributed by atoms with Gasteiger partial charge in [-0.2, -0.15) is 4.99 Å². The van der Waals surface area contributed by atoms with E-state index in [9.17, 15) is 18.4 Å². The number of benzene rings is 2. The van der Waals surface area contributed by atoms with Crippen molar-refractivity contribution in [3.05, 3.63) is 57.8 Å². The molecule has 2 aromatic heterocycles. The first kappa shape index (κ1) is 19.3. The van der Waals surface area contributed by atoms with Crippen LogP contribution in [0.1, 0.15) is 17.3 Å². The summed E-state index contributed by atoms with van der Waals surface area (Å²) in [5.41, 5.74) is 2.76. The third-order valence-electron chi connectivity index (χ3n) is 4.06. The average Bonchev–Trinajstić information content (AvgIpc) is 3.26. The van der Waals surface area contributed by atoms with Gasteiger partial charge >= 0.3 is 5.97 Å². The van der Waals surface area contributed by atoms with Gasteiger partial charge in [-0.05, 0) is 31.2 Å². The van der Waals surface area contributed by atoms with Crippen molar-refractivity contribution in [2.45, 2.75) is 13.5 Å². The van der Waals surface area contributed by atoms with Crippen molar-refractivity contribution in [2.75, 3.05) is 6.61 Å². The summed E-state index contributed by atoms with van der Waals surface area (Å²) in [5, 5.41) is 0. The van der Waals surface area contributed by atoms with E-state index in [0.717, 1.165) is 33.7 Å². The van der Waals surface area contributed by atoms with Gasteiger partial charge in [-0.3, -0.25) is 9.59 Å². The number of hydrogen-bond donors (Lipinski definition) is 0. The Hall–Kier alpha value is -2.98. The summed E-state index contributed by atoms with van der Waals surface area (Å²) in [6.07, 6.45) is 0. The minimum absolute atomic E-state index is 0.00564. The first-order valence-electron chi connectivity index (χ1n) is 8.52. The van der Waals surface area contributed by atoms with Crippen LogP contribution in [0.3, 0.4) is 0 Å². The molecule has 0 fully saturated rings. The highest BCUT2D eigenvalue weighted by Crippen LogP contribution is 2.23. The molecule has 2 aromatic carbocycles. The molecule has 1 amide bonds. The maximum Gasteiger partial charge on any atom is 0.326 e. The number of rotatable bonds is 4.